The standard InChI is InChI=1S/C25H21ClN2O3S/c1-17-10-12-19(13-11-17)30-15-25-27-18(16-32-25)14-24(29)28-21-7-3-5-9-23(21)31-22-8-4-2-6-20(22)26/h2-13,16H,14-15H2,1H3,(H,28,29). The van der Waals surface area contributed by atoms with E-state index in [9.17, 15) is 4.79 Å². The minimum absolute atomic E-state index is 0.154. The van der Waals surface area contributed by atoms with Crippen LogP contribution >= 0.6 is 22.9 Å². The van der Waals surface area contributed by atoms with Crippen molar-refractivity contribution < 1.29 is 14.3 Å². The summed E-state index contributed by atoms with van der Waals surface area (Å²) in [6.07, 6.45) is 0.154. The van der Waals surface area contributed by atoms with Gasteiger partial charge in [-0.05, 0) is 43.3 Å². The van der Waals surface area contributed by atoms with E-state index in [1.54, 1.807) is 24.3 Å². The van der Waals surface area contributed by atoms with Crippen LogP contribution < -0.4 is 14.8 Å². The summed E-state index contributed by atoms with van der Waals surface area (Å²) in [4.78, 5) is 17.1. The zero-order valence-electron chi connectivity index (χ0n) is 17.4. The Kier molecular flexibility index (Phi) is 7.04. The van der Waals surface area contributed by atoms with E-state index in [0.29, 0.717) is 34.5 Å². The first-order chi connectivity index (χ1) is 15.6. The van der Waals surface area contributed by atoms with Gasteiger partial charge in [-0.2, -0.15) is 0 Å². The number of ether oxygens (including phenoxy) is 2. The Hall–Kier alpha value is -3.35. The summed E-state index contributed by atoms with van der Waals surface area (Å²) in [5.41, 5.74) is 2.44. The molecule has 7 heteroatoms. The molecule has 4 aromatic rings. The lowest BCUT2D eigenvalue weighted by atomic mass is 10.2. The van der Waals surface area contributed by atoms with Gasteiger partial charge in [0.2, 0.25) is 5.91 Å². The lowest BCUT2D eigenvalue weighted by molar-refractivity contribution is -0.115. The number of para-hydroxylation sites is 3. The van der Waals surface area contributed by atoms with Crippen molar-refractivity contribution in [3.63, 3.8) is 0 Å². The maximum absolute atomic E-state index is 12.6. The number of aryl methyl sites for hydroxylation is 1. The topological polar surface area (TPSA) is 60.5 Å². The largest absolute Gasteiger partial charge is 0.486 e. The van der Waals surface area contributed by atoms with Crippen molar-refractivity contribution in [3.8, 4) is 17.2 Å². The number of thiazole rings is 1. The first-order valence-electron chi connectivity index (χ1n) is 10.0. The van der Waals surface area contributed by atoms with Crippen LogP contribution in [0, 0.1) is 6.92 Å². The van der Waals surface area contributed by atoms with Crippen molar-refractivity contribution in [3.05, 3.63) is 99.5 Å². The van der Waals surface area contributed by atoms with Crippen LogP contribution in [-0.4, -0.2) is 10.9 Å². The second-order valence-corrected chi connectivity index (χ2v) is 8.44. The molecule has 0 aliphatic carbocycles. The van der Waals surface area contributed by atoms with Crippen molar-refractivity contribution in [2.45, 2.75) is 20.0 Å². The summed E-state index contributed by atoms with van der Waals surface area (Å²) >= 11 is 7.66. The monoisotopic (exact) mass is 464 g/mol. The van der Waals surface area contributed by atoms with Gasteiger partial charge in [0.05, 0.1) is 22.8 Å². The molecule has 32 heavy (non-hydrogen) atoms. The molecular weight excluding hydrogens is 444 g/mol. The van der Waals surface area contributed by atoms with Gasteiger partial charge >= 0.3 is 0 Å². The van der Waals surface area contributed by atoms with E-state index in [0.717, 1.165) is 10.8 Å². The summed E-state index contributed by atoms with van der Waals surface area (Å²) in [7, 11) is 0. The van der Waals surface area contributed by atoms with E-state index in [-0.39, 0.29) is 12.3 Å². The summed E-state index contributed by atoms with van der Waals surface area (Å²) in [5, 5.41) is 6.08. The van der Waals surface area contributed by atoms with Gasteiger partial charge in [0.25, 0.3) is 0 Å². The summed E-state index contributed by atoms with van der Waals surface area (Å²) < 4.78 is 11.7. The van der Waals surface area contributed by atoms with Crippen molar-refractivity contribution in [1.82, 2.24) is 4.98 Å². The molecule has 0 fully saturated rings. The minimum atomic E-state index is -0.184. The van der Waals surface area contributed by atoms with Gasteiger partial charge in [0, 0.05) is 5.38 Å². The van der Waals surface area contributed by atoms with Crippen molar-refractivity contribution in [2.75, 3.05) is 5.32 Å². The molecule has 0 spiro atoms. The van der Waals surface area contributed by atoms with Gasteiger partial charge in [0.15, 0.2) is 5.75 Å². The van der Waals surface area contributed by atoms with E-state index in [1.165, 1.54) is 16.9 Å². The molecule has 0 radical (unpaired) electrons. The molecule has 0 atom stereocenters. The van der Waals surface area contributed by atoms with Crippen LogP contribution in [-0.2, 0) is 17.8 Å². The van der Waals surface area contributed by atoms with Crippen LogP contribution in [0.25, 0.3) is 0 Å². The molecular formula is C25H21ClN2O3S. The first-order valence-corrected chi connectivity index (χ1v) is 11.3. The molecule has 1 N–H and O–H groups in total. The molecule has 0 unspecified atom stereocenters. The van der Waals surface area contributed by atoms with Gasteiger partial charge < -0.3 is 14.8 Å². The van der Waals surface area contributed by atoms with Crippen LogP contribution in [0.15, 0.2) is 78.2 Å². The number of nitrogens with one attached hydrogen (secondary N) is 1. The highest BCUT2D eigenvalue weighted by molar-refractivity contribution is 7.09. The number of anilines is 1. The van der Waals surface area contributed by atoms with Crippen LogP contribution in [0.4, 0.5) is 5.69 Å². The number of amides is 1. The fourth-order valence-electron chi connectivity index (χ4n) is 2.94. The molecule has 3 aromatic carbocycles. The molecule has 0 aliphatic rings. The van der Waals surface area contributed by atoms with Gasteiger partial charge in [-0.15, -0.1) is 11.3 Å². The molecule has 1 heterocycles. The fraction of sp³-hybridized carbons (Fsp3) is 0.120. The Morgan fingerprint density at radius 3 is 2.50 bits per heavy atom. The third-order valence-electron chi connectivity index (χ3n) is 4.54. The molecule has 0 bridgehead atoms. The average molecular weight is 465 g/mol. The number of halogens is 1. The van der Waals surface area contributed by atoms with Crippen molar-refractivity contribution in [2.24, 2.45) is 0 Å². The number of aromatic nitrogens is 1. The van der Waals surface area contributed by atoms with Gasteiger partial charge in [-0.25, -0.2) is 4.98 Å². The molecule has 0 aliphatic heterocycles. The maximum Gasteiger partial charge on any atom is 0.230 e. The minimum Gasteiger partial charge on any atom is -0.486 e. The van der Waals surface area contributed by atoms with Gasteiger partial charge in [-0.3, -0.25) is 4.79 Å². The number of carbonyl (C=O) groups is 1. The highest BCUT2D eigenvalue weighted by Crippen LogP contribution is 2.33. The fourth-order valence-corrected chi connectivity index (χ4v) is 3.82. The molecule has 1 aromatic heterocycles. The van der Waals surface area contributed by atoms with E-state index >= 15 is 0 Å². The summed E-state index contributed by atoms with van der Waals surface area (Å²) in [6.45, 7) is 2.40. The predicted molar refractivity (Wildman–Crippen MR) is 128 cm³/mol. The molecule has 162 valence electrons. The number of nitrogens with zero attached hydrogens (tertiary/aromatic N) is 1. The maximum atomic E-state index is 12.6. The summed E-state index contributed by atoms with van der Waals surface area (Å²) in [6, 6.07) is 22.3. The molecule has 0 saturated carbocycles. The Morgan fingerprint density at radius 1 is 1.00 bits per heavy atom. The quantitative estimate of drug-likeness (QED) is 0.317. The Bertz CT molecular complexity index is 1210. The predicted octanol–water partition coefficient (Wildman–Crippen LogP) is 6.66. The van der Waals surface area contributed by atoms with E-state index in [1.807, 2.05) is 60.8 Å². The smallest absolute Gasteiger partial charge is 0.230 e. The van der Waals surface area contributed by atoms with Crippen LogP contribution in [0.1, 0.15) is 16.3 Å². The Balaban J connectivity index is 1.35. The third kappa shape index (κ3) is 5.87. The lowest BCUT2D eigenvalue weighted by Gasteiger charge is -2.12. The highest BCUT2D eigenvalue weighted by atomic mass is 35.5. The molecule has 0 saturated heterocycles. The second kappa shape index (κ2) is 10.3. The number of benzene rings is 3. The number of rotatable bonds is 8. The summed E-state index contributed by atoms with van der Waals surface area (Å²) in [5.74, 6) is 1.64. The first kappa shape index (κ1) is 21.9. The number of carbonyl (C=O) groups excluding carboxylic acids is 1. The Labute approximate surface area is 195 Å². The normalized spacial score (nSPS) is 10.6. The Morgan fingerprint density at radius 2 is 1.72 bits per heavy atom. The molecule has 1 amide bonds. The van der Waals surface area contributed by atoms with Crippen molar-refractivity contribution in [1.29, 1.82) is 0 Å². The SMILES string of the molecule is Cc1ccc(OCc2nc(CC(=O)Nc3ccccc3Oc3ccccc3Cl)cs2)cc1. The van der Waals surface area contributed by atoms with Crippen molar-refractivity contribution >= 4 is 34.5 Å². The second-order valence-electron chi connectivity index (χ2n) is 7.09. The molecule has 5 nitrogen and oxygen atoms in total. The highest BCUT2D eigenvalue weighted by Gasteiger charge is 2.12. The van der Waals surface area contributed by atoms with E-state index < -0.39 is 0 Å². The zero-order chi connectivity index (χ0) is 22.3. The van der Waals surface area contributed by atoms with Crippen LogP contribution in [0.5, 0.6) is 17.2 Å². The zero-order valence-corrected chi connectivity index (χ0v) is 19.0. The average Bonchev–Trinajstić information content (AvgIpc) is 3.23. The van der Waals surface area contributed by atoms with Gasteiger partial charge in [0.1, 0.15) is 23.1 Å². The number of hydrogen-bond acceptors (Lipinski definition) is 5. The van der Waals surface area contributed by atoms with Gasteiger partial charge in [-0.1, -0.05) is 53.6 Å². The number of hydrogen-bond donors (Lipinski definition) is 1. The lowest BCUT2D eigenvalue weighted by Crippen LogP contribution is -2.15. The van der Waals surface area contributed by atoms with Crippen LogP contribution in [0.2, 0.25) is 5.02 Å². The van der Waals surface area contributed by atoms with Crippen LogP contribution in [0.3, 0.4) is 0 Å². The molecule has 4 rings (SSSR count). The van der Waals surface area contributed by atoms with E-state index in [2.05, 4.69) is 10.3 Å². The van der Waals surface area contributed by atoms with E-state index in [4.69, 9.17) is 21.1 Å². The third-order valence-corrected chi connectivity index (χ3v) is 5.73.